The quantitative estimate of drug-likeness (QED) is 0.348. The van der Waals surface area contributed by atoms with Gasteiger partial charge in [0.1, 0.15) is 18.4 Å². The molecule has 4 rings (SSSR count). The minimum Gasteiger partial charge on any atom is -0.352 e. The van der Waals surface area contributed by atoms with Crippen LogP contribution in [0.25, 0.3) is 0 Å². The van der Waals surface area contributed by atoms with E-state index >= 15 is 0 Å². The summed E-state index contributed by atoms with van der Waals surface area (Å²) in [5, 5.41) is 3.02. The lowest BCUT2D eigenvalue weighted by atomic mass is 10.1. The summed E-state index contributed by atoms with van der Waals surface area (Å²) >= 11 is 0. The zero-order valence-corrected chi connectivity index (χ0v) is 24.9. The Morgan fingerprint density at radius 2 is 1.61 bits per heavy atom. The lowest BCUT2D eigenvalue weighted by molar-refractivity contribution is -0.139. The standard InChI is InChI=1S/C32H38FN3O4S/c1-22-16-18-28(19-17-22)41(39,40)36(30-15-9-10-23(2)24(30)3)21-31(37)35(20-26-11-5-8-14-29(26)33)25(4)32(38)34-27-12-6-7-13-27/h5,8-11,14-19,25,27H,6-7,12-13,20-21H2,1-4H3,(H,34,38). The highest BCUT2D eigenvalue weighted by Gasteiger charge is 2.34. The number of benzene rings is 3. The number of hydrogen-bond acceptors (Lipinski definition) is 4. The van der Waals surface area contributed by atoms with E-state index in [1.807, 2.05) is 26.8 Å². The first-order valence-corrected chi connectivity index (χ1v) is 15.4. The molecule has 0 radical (unpaired) electrons. The van der Waals surface area contributed by atoms with Gasteiger partial charge in [0.05, 0.1) is 10.6 Å². The number of hydrogen-bond donors (Lipinski definition) is 1. The summed E-state index contributed by atoms with van der Waals surface area (Å²) in [7, 11) is -4.17. The number of amides is 2. The molecule has 3 aromatic rings. The van der Waals surface area contributed by atoms with E-state index in [-0.39, 0.29) is 29.0 Å². The third-order valence-electron chi connectivity index (χ3n) is 7.90. The molecule has 9 heteroatoms. The van der Waals surface area contributed by atoms with Gasteiger partial charge in [0.15, 0.2) is 0 Å². The minimum atomic E-state index is -4.17. The van der Waals surface area contributed by atoms with Crippen molar-refractivity contribution in [3.63, 3.8) is 0 Å². The Kier molecular flexibility index (Phi) is 9.48. The van der Waals surface area contributed by atoms with Crippen molar-refractivity contribution in [3.8, 4) is 0 Å². The minimum absolute atomic E-state index is 0.0312. The summed E-state index contributed by atoms with van der Waals surface area (Å²) in [4.78, 5) is 28.7. The van der Waals surface area contributed by atoms with Gasteiger partial charge in [-0.15, -0.1) is 0 Å². The van der Waals surface area contributed by atoms with E-state index in [1.165, 1.54) is 23.1 Å². The molecule has 0 bridgehead atoms. The number of anilines is 1. The molecule has 1 aliphatic rings. The zero-order chi connectivity index (χ0) is 29.7. The molecule has 2 amide bonds. The van der Waals surface area contributed by atoms with E-state index in [0.29, 0.717) is 11.3 Å². The lowest BCUT2D eigenvalue weighted by Crippen LogP contribution is -2.52. The first-order valence-electron chi connectivity index (χ1n) is 14.0. The van der Waals surface area contributed by atoms with Crippen molar-refractivity contribution in [2.24, 2.45) is 0 Å². The molecule has 0 heterocycles. The van der Waals surface area contributed by atoms with Crippen LogP contribution < -0.4 is 9.62 Å². The number of halogens is 1. The van der Waals surface area contributed by atoms with Gasteiger partial charge in [-0.3, -0.25) is 13.9 Å². The molecule has 1 atom stereocenters. The van der Waals surface area contributed by atoms with Gasteiger partial charge in [-0.05, 0) is 75.9 Å². The Balaban J connectivity index is 1.73. The van der Waals surface area contributed by atoms with Gasteiger partial charge in [0.25, 0.3) is 10.0 Å². The number of rotatable bonds is 10. The Morgan fingerprint density at radius 3 is 2.27 bits per heavy atom. The predicted molar refractivity (Wildman–Crippen MR) is 158 cm³/mol. The monoisotopic (exact) mass is 579 g/mol. The second-order valence-electron chi connectivity index (χ2n) is 10.8. The summed E-state index contributed by atoms with van der Waals surface area (Å²) in [5.41, 5.74) is 3.08. The van der Waals surface area contributed by atoms with E-state index in [1.54, 1.807) is 49.4 Å². The van der Waals surface area contributed by atoms with Crippen LogP contribution in [0.5, 0.6) is 0 Å². The van der Waals surface area contributed by atoms with Crippen LogP contribution in [0.2, 0.25) is 0 Å². The molecule has 3 aromatic carbocycles. The predicted octanol–water partition coefficient (Wildman–Crippen LogP) is 5.42. The summed E-state index contributed by atoms with van der Waals surface area (Å²) in [6.07, 6.45) is 3.79. The number of nitrogens with zero attached hydrogens (tertiary/aromatic N) is 2. The van der Waals surface area contributed by atoms with Crippen LogP contribution in [0.4, 0.5) is 10.1 Å². The first kappa shape index (κ1) is 30.2. The molecule has 41 heavy (non-hydrogen) atoms. The molecule has 1 unspecified atom stereocenters. The van der Waals surface area contributed by atoms with Crippen LogP contribution in [0.15, 0.2) is 71.6 Å². The van der Waals surface area contributed by atoms with Gasteiger partial charge in [-0.25, -0.2) is 12.8 Å². The summed E-state index contributed by atoms with van der Waals surface area (Å²) in [5.74, 6) is -1.47. The molecule has 1 fully saturated rings. The van der Waals surface area contributed by atoms with Crippen molar-refractivity contribution in [1.82, 2.24) is 10.2 Å². The Morgan fingerprint density at radius 1 is 0.951 bits per heavy atom. The van der Waals surface area contributed by atoms with Crippen molar-refractivity contribution in [2.45, 2.75) is 76.9 Å². The number of aryl methyl sites for hydroxylation is 2. The Hall–Kier alpha value is -3.72. The molecular formula is C32H38FN3O4S. The highest BCUT2D eigenvalue weighted by atomic mass is 32.2. The topological polar surface area (TPSA) is 86.8 Å². The maximum atomic E-state index is 14.7. The van der Waals surface area contributed by atoms with Crippen LogP contribution >= 0.6 is 0 Å². The third kappa shape index (κ3) is 6.96. The normalized spacial score (nSPS) is 14.5. The molecule has 7 nitrogen and oxygen atoms in total. The van der Waals surface area contributed by atoms with Crippen molar-refractivity contribution >= 4 is 27.5 Å². The number of carbonyl (C=O) groups excluding carboxylic acids is 2. The van der Waals surface area contributed by atoms with E-state index < -0.39 is 34.3 Å². The van der Waals surface area contributed by atoms with Crippen LogP contribution in [0, 0.1) is 26.6 Å². The fourth-order valence-corrected chi connectivity index (χ4v) is 6.61. The van der Waals surface area contributed by atoms with Crippen LogP contribution in [0.3, 0.4) is 0 Å². The highest BCUT2D eigenvalue weighted by molar-refractivity contribution is 7.92. The number of sulfonamides is 1. The van der Waals surface area contributed by atoms with Gasteiger partial charge in [-0.1, -0.05) is 60.9 Å². The SMILES string of the molecule is Cc1ccc(S(=O)(=O)N(CC(=O)N(Cc2ccccc2F)C(C)C(=O)NC2CCCC2)c2cccc(C)c2C)cc1. The molecular weight excluding hydrogens is 541 g/mol. The number of carbonyl (C=O) groups is 2. The van der Waals surface area contributed by atoms with E-state index in [0.717, 1.165) is 41.1 Å². The maximum absolute atomic E-state index is 14.7. The van der Waals surface area contributed by atoms with Gasteiger partial charge in [-0.2, -0.15) is 0 Å². The summed E-state index contributed by atoms with van der Waals surface area (Å²) in [6.45, 7) is 6.39. The van der Waals surface area contributed by atoms with Gasteiger partial charge in [0, 0.05) is 18.2 Å². The fraction of sp³-hybridized carbons (Fsp3) is 0.375. The first-order chi connectivity index (χ1) is 19.5. The zero-order valence-electron chi connectivity index (χ0n) is 24.1. The van der Waals surface area contributed by atoms with E-state index in [4.69, 9.17) is 0 Å². The van der Waals surface area contributed by atoms with E-state index in [9.17, 15) is 22.4 Å². The average molecular weight is 580 g/mol. The van der Waals surface area contributed by atoms with Crippen LogP contribution in [0.1, 0.15) is 54.9 Å². The summed E-state index contributed by atoms with van der Waals surface area (Å²) in [6, 6.07) is 16.9. The second-order valence-corrected chi connectivity index (χ2v) is 12.7. The van der Waals surface area contributed by atoms with Crippen molar-refractivity contribution in [3.05, 3.63) is 94.8 Å². The molecule has 0 aromatic heterocycles. The molecule has 1 aliphatic carbocycles. The average Bonchev–Trinajstić information content (AvgIpc) is 3.45. The maximum Gasteiger partial charge on any atom is 0.264 e. The Labute approximate surface area is 242 Å². The molecule has 0 aliphatic heterocycles. The molecule has 218 valence electrons. The molecule has 1 N–H and O–H groups in total. The smallest absolute Gasteiger partial charge is 0.264 e. The molecule has 1 saturated carbocycles. The Bertz CT molecular complexity index is 1500. The van der Waals surface area contributed by atoms with Gasteiger partial charge >= 0.3 is 0 Å². The lowest BCUT2D eigenvalue weighted by Gasteiger charge is -2.33. The fourth-order valence-electron chi connectivity index (χ4n) is 5.14. The van der Waals surface area contributed by atoms with Gasteiger partial charge < -0.3 is 10.2 Å². The largest absolute Gasteiger partial charge is 0.352 e. The number of nitrogens with one attached hydrogen (secondary N) is 1. The van der Waals surface area contributed by atoms with Crippen molar-refractivity contribution in [1.29, 1.82) is 0 Å². The highest BCUT2D eigenvalue weighted by Crippen LogP contribution is 2.29. The van der Waals surface area contributed by atoms with Crippen molar-refractivity contribution in [2.75, 3.05) is 10.8 Å². The molecule has 0 saturated heterocycles. The third-order valence-corrected chi connectivity index (χ3v) is 9.67. The van der Waals surface area contributed by atoms with E-state index in [2.05, 4.69) is 5.32 Å². The van der Waals surface area contributed by atoms with Crippen LogP contribution in [-0.4, -0.2) is 43.8 Å². The van der Waals surface area contributed by atoms with Gasteiger partial charge in [0.2, 0.25) is 11.8 Å². The molecule has 0 spiro atoms. The second kappa shape index (κ2) is 12.9. The van der Waals surface area contributed by atoms with Crippen LogP contribution in [-0.2, 0) is 26.2 Å². The summed E-state index contributed by atoms with van der Waals surface area (Å²) < 4.78 is 43.9. The van der Waals surface area contributed by atoms with Crippen molar-refractivity contribution < 1.29 is 22.4 Å².